The number of carbonyl (C=O) groups excluding carboxylic acids is 2. The fourth-order valence-corrected chi connectivity index (χ4v) is 11.9. The van der Waals surface area contributed by atoms with Crippen molar-refractivity contribution in [3.05, 3.63) is 278 Å². The summed E-state index contributed by atoms with van der Waals surface area (Å²) >= 11 is 0. The molecule has 0 atom stereocenters. The third-order valence-electron chi connectivity index (χ3n) is 15.8. The van der Waals surface area contributed by atoms with E-state index in [0.717, 1.165) is 120 Å². The minimum Gasteiger partial charge on any atom is -0.465 e. The molecule has 0 heterocycles. The van der Waals surface area contributed by atoms with Gasteiger partial charge in [-0.15, -0.1) is 0 Å². The first-order valence-corrected chi connectivity index (χ1v) is 27.3. The Kier molecular flexibility index (Phi) is 12.5. The van der Waals surface area contributed by atoms with Crippen LogP contribution in [0.25, 0.3) is 120 Å². The summed E-state index contributed by atoms with van der Waals surface area (Å²) in [4.78, 5) is 26.7. The standard InChI is InChI=1S/C76H50O6/c1-79-75(77)55-35-39-69(67(45-55)65-29-13-21-49-17-5-9-25-59(49)65)81-71-41-33-53-43-51(61-27-11-19-47-15-3-7-23-57(47)61)31-37-63(53)73(71)74-64-38-32-52(62-28-12-20-48-16-4-8-24-58(48)62)44-54(64)34-42-72(74)82-70-40-36-56(76(78)80-2)46-68(70)66-30-14-22-50-18-6-10-26-60(50)66/h3-46H,1-2H3. The second-order valence-electron chi connectivity index (χ2n) is 20.5. The zero-order chi connectivity index (χ0) is 55.3. The number of benzene rings is 14. The third kappa shape index (κ3) is 8.80. The number of fused-ring (bicyclic) bond motifs is 6. The van der Waals surface area contributed by atoms with Crippen molar-refractivity contribution < 1.29 is 28.5 Å². The highest BCUT2D eigenvalue weighted by Gasteiger charge is 2.25. The second-order valence-corrected chi connectivity index (χ2v) is 20.5. The van der Waals surface area contributed by atoms with Gasteiger partial charge in [0.05, 0.1) is 25.3 Å². The smallest absolute Gasteiger partial charge is 0.337 e. The van der Waals surface area contributed by atoms with Gasteiger partial charge in [0.1, 0.15) is 23.0 Å². The van der Waals surface area contributed by atoms with Crippen molar-refractivity contribution in [1.29, 1.82) is 0 Å². The molecule has 14 aromatic carbocycles. The normalized spacial score (nSPS) is 11.4. The molecule has 14 aromatic rings. The first kappa shape index (κ1) is 49.5. The monoisotopic (exact) mass is 1060 g/mol. The van der Waals surface area contributed by atoms with Crippen molar-refractivity contribution in [3.8, 4) is 78.6 Å². The van der Waals surface area contributed by atoms with Gasteiger partial charge in [0.25, 0.3) is 0 Å². The molecule has 390 valence electrons. The topological polar surface area (TPSA) is 71.1 Å². The molecular formula is C76H50O6. The highest BCUT2D eigenvalue weighted by Crippen LogP contribution is 2.51. The Morgan fingerprint density at radius 1 is 0.256 bits per heavy atom. The predicted octanol–water partition coefficient (Wildman–Crippen LogP) is 20.1. The average Bonchev–Trinajstić information content (AvgIpc) is 3.39. The van der Waals surface area contributed by atoms with Crippen molar-refractivity contribution >= 4 is 76.6 Å². The van der Waals surface area contributed by atoms with Crippen molar-refractivity contribution in [2.24, 2.45) is 0 Å². The summed E-state index contributed by atoms with van der Waals surface area (Å²) in [5.41, 5.74) is 9.98. The Morgan fingerprint density at radius 2 is 0.585 bits per heavy atom. The molecular weight excluding hydrogens is 1010 g/mol. The van der Waals surface area contributed by atoms with Crippen LogP contribution in [0.2, 0.25) is 0 Å². The zero-order valence-corrected chi connectivity index (χ0v) is 44.9. The molecule has 0 fully saturated rings. The fraction of sp³-hybridized carbons (Fsp3) is 0.0263. The van der Waals surface area contributed by atoms with E-state index in [2.05, 4.69) is 182 Å². The van der Waals surface area contributed by atoms with E-state index < -0.39 is 11.9 Å². The third-order valence-corrected chi connectivity index (χ3v) is 15.8. The molecule has 0 amide bonds. The van der Waals surface area contributed by atoms with Crippen LogP contribution < -0.4 is 9.47 Å². The van der Waals surface area contributed by atoms with E-state index in [1.54, 1.807) is 12.1 Å². The largest absolute Gasteiger partial charge is 0.465 e. The van der Waals surface area contributed by atoms with Gasteiger partial charge in [0.2, 0.25) is 0 Å². The Balaban J connectivity index is 1.05. The van der Waals surface area contributed by atoms with Crippen LogP contribution in [0.15, 0.2) is 267 Å². The number of esters is 2. The molecule has 0 saturated heterocycles. The van der Waals surface area contributed by atoms with Crippen molar-refractivity contribution in [2.45, 2.75) is 0 Å². The van der Waals surface area contributed by atoms with E-state index in [9.17, 15) is 9.59 Å². The summed E-state index contributed by atoms with van der Waals surface area (Å²) in [5, 5.41) is 12.6. The van der Waals surface area contributed by atoms with Crippen molar-refractivity contribution in [2.75, 3.05) is 14.2 Å². The van der Waals surface area contributed by atoms with Crippen LogP contribution in [0.4, 0.5) is 0 Å². The zero-order valence-electron chi connectivity index (χ0n) is 44.9. The van der Waals surface area contributed by atoms with Crippen LogP contribution in [-0.4, -0.2) is 26.2 Å². The van der Waals surface area contributed by atoms with Gasteiger partial charge in [-0.2, -0.15) is 0 Å². The Morgan fingerprint density at radius 3 is 0.963 bits per heavy atom. The van der Waals surface area contributed by atoms with Crippen LogP contribution in [0.3, 0.4) is 0 Å². The predicted molar refractivity (Wildman–Crippen MR) is 334 cm³/mol. The first-order chi connectivity index (χ1) is 40.4. The maximum atomic E-state index is 13.4. The first-order valence-electron chi connectivity index (χ1n) is 27.3. The van der Waals surface area contributed by atoms with Crippen LogP contribution in [0.1, 0.15) is 20.7 Å². The minimum absolute atomic E-state index is 0.393. The maximum absolute atomic E-state index is 13.4. The number of hydrogen-bond acceptors (Lipinski definition) is 6. The number of ether oxygens (including phenoxy) is 4. The van der Waals surface area contributed by atoms with Crippen LogP contribution in [0.5, 0.6) is 23.0 Å². The lowest BCUT2D eigenvalue weighted by molar-refractivity contribution is 0.0592. The van der Waals surface area contributed by atoms with Gasteiger partial charge in [-0.1, -0.05) is 206 Å². The number of carbonyl (C=O) groups is 2. The van der Waals surface area contributed by atoms with E-state index in [4.69, 9.17) is 18.9 Å². The SMILES string of the molecule is COC(=O)c1ccc(Oc2ccc3cc(-c4cccc5ccccc45)ccc3c2-c2c(Oc3ccc(C(=O)OC)cc3-c3cccc4ccccc34)ccc3cc(-c4cccc5ccccc45)ccc23)c(-c2cccc3ccccc23)c1. The molecule has 0 N–H and O–H groups in total. The molecule has 0 spiro atoms. The van der Waals surface area contributed by atoms with Gasteiger partial charge >= 0.3 is 11.9 Å². The van der Waals surface area contributed by atoms with E-state index in [-0.39, 0.29) is 0 Å². The summed E-state index contributed by atoms with van der Waals surface area (Å²) in [6.45, 7) is 0. The van der Waals surface area contributed by atoms with Gasteiger partial charge in [-0.05, 0) is 159 Å². The molecule has 0 radical (unpaired) electrons. The number of hydrogen-bond donors (Lipinski definition) is 0. The quantitative estimate of drug-likeness (QED) is 0.120. The van der Waals surface area contributed by atoms with Gasteiger partial charge in [0, 0.05) is 22.3 Å². The number of rotatable bonds is 11. The molecule has 82 heavy (non-hydrogen) atoms. The molecule has 0 unspecified atom stereocenters. The Bertz CT molecular complexity index is 4570. The van der Waals surface area contributed by atoms with Gasteiger partial charge in [-0.25, -0.2) is 9.59 Å². The van der Waals surface area contributed by atoms with Gasteiger partial charge in [-0.3, -0.25) is 0 Å². The minimum atomic E-state index is -0.454. The molecule has 0 aliphatic heterocycles. The summed E-state index contributed by atoms with van der Waals surface area (Å²) in [5.74, 6) is 1.28. The van der Waals surface area contributed by atoms with Crippen LogP contribution in [0, 0.1) is 0 Å². The summed E-state index contributed by atoms with van der Waals surface area (Å²) in [6.07, 6.45) is 0. The van der Waals surface area contributed by atoms with Gasteiger partial charge < -0.3 is 18.9 Å². The van der Waals surface area contributed by atoms with Crippen molar-refractivity contribution in [1.82, 2.24) is 0 Å². The molecule has 0 aromatic heterocycles. The maximum Gasteiger partial charge on any atom is 0.337 e. The number of methoxy groups -OCH3 is 2. The van der Waals surface area contributed by atoms with Gasteiger partial charge in [0.15, 0.2) is 0 Å². The lowest BCUT2D eigenvalue weighted by atomic mass is 9.89. The Hall–Kier alpha value is -10.8. The molecule has 0 saturated carbocycles. The lowest BCUT2D eigenvalue weighted by Gasteiger charge is -2.22. The summed E-state index contributed by atoms with van der Waals surface area (Å²) in [6, 6.07) is 91.1. The Labute approximate surface area is 473 Å². The lowest BCUT2D eigenvalue weighted by Crippen LogP contribution is -2.03. The van der Waals surface area contributed by atoms with Crippen LogP contribution in [-0.2, 0) is 9.47 Å². The highest BCUT2D eigenvalue weighted by molar-refractivity contribution is 6.13. The second kappa shape index (κ2) is 20.8. The van der Waals surface area contributed by atoms with Crippen LogP contribution >= 0.6 is 0 Å². The molecule has 0 bridgehead atoms. The van der Waals surface area contributed by atoms with E-state index >= 15 is 0 Å². The van der Waals surface area contributed by atoms with Crippen molar-refractivity contribution in [3.63, 3.8) is 0 Å². The highest BCUT2D eigenvalue weighted by atomic mass is 16.5. The molecule has 14 rings (SSSR count). The molecule has 0 aliphatic carbocycles. The average molecular weight is 1060 g/mol. The fourth-order valence-electron chi connectivity index (χ4n) is 11.9. The summed E-state index contributed by atoms with van der Waals surface area (Å²) in [7, 11) is 2.79. The van der Waals surface area contributed by atoms with E-state index in [1.807, 2.05) is 72.8 Å². The molecule has 6 heteroatoms. The van der Waals surface area contributed by atoms with E-state index in [0.29, 0.717) is 34.1 Å². The molecule has 0 aliphatic rings. The van der Waals surface area contributed by atoms with E-state index in [1.165, 1.54) is 14.2 Å². The molecule has 6 nitrogen and oxygen atoms in total. The summed E-state index contributed by atoms with van der Waals surface area (Å²) < 4.78 is 25.5.